The average molecular weight is 140 g/mol. The van der Waals surface area contributed by atoms with Crippen molar-refractivity contribution in [3.63, 3.8) is 0 Å². The summed E-state index contributed by atoms with van der Waals surface area (Å²) in [6, 6.07) is 0. The van der Waals surface area contributed by atoms with Crippen LogP contribution in [-0.4, -0.2) is 19.3 Å². The second-order valence-corrected chi connectivity index (χ2v) is 1.46. The third kappa shape index (κ3) is 7.11. The highest BCUT2D eigenvalue weighted by Crippen LogP contribution is 1.82. The van der Waals surface area contributed by atoms with Gasteiger partial charge in [0.25, 0.3) is 0 Å². The molecule has 0 aromatic carbocycles. The lowest BCUT2D eigenvalue weighted by Gasteiger charge is -1.92. The maximum atomic E-state index is 5.25. The van der Waals surface area contributed by atoms with Crippen LogP contribution in [0.2, 0.25) is 0 Å². The van der Waals surface area contributed by atoms with E-state index in [0.29, 0.717) is 6.54 Å². The van der Waals surface area contributed by atoms with Gasteiger partial charge in [0.2, 0.25) is 0 Å². The van der Waals surface area contributed by atoms with Gasteiger partial charge < -0.3 is 5.73 Å². The van der Waals surface area contributed by atoms with Crippen molar-refractivity contribution < 1.29 is 0 Å². The highest BCUT2D eigenvalue weighted by molar-refractivity contribution is 5.94. The van der Waals surface area contributed by atoms with Crippen LogP contribution in [0.5, 0.6) is 0 Å². The zero-order valence-corrected chi connectivity index (χ0v) is 6.64. The lowest BCUT2D eigenvalue weighted by molar-refractivity contribution is 1.04. The Morgan fingerprint density at radius 3 is 2.20 bits per heavy atom. The van der Waals surface area contributed by atoms with E-state index in [9.17, 15) is 0 Å². The fraction of sp³-hybridized carbons (Fsp3) is 0.375. The molecule has 0 aliphatic rings. The molecule has 2 heteroatoms. The first-order valence-corrected chi connectivity index (χ1v) is 3.13. The summed E-state index contributed by atoms with van der Waals surface area (Å²) in [7, 11) is 1.74. The van der Waals surface area contributed by atoms with Crippen LogP contribution < -0.4 is 5.73 Å². The molecule has 0 fully saturated rings. The summed E-state index contributed by atoms with van der Waals surface area (Å²) in [5, 5.41) is 0. The molecule has 10 heavy (non-hydrogen) atoms. The fourth-order valence-electron chi connectivity index (χ4n) is 0.453. The lowest BCUT2D eigenvalue weighted by atomic mass is 10.3. The molecule has 0 unspecified atom stereocenters. The Morgan fingerprint density at radius 1 is 1.60 bits per heavy atom. The Morgan fingerprint density at radius 2 is 2.10 bits per heavy atom. The van der Waals surface area contributed by atoms with E-state index in [0.717, 1.165) is 12.1 Å². The van der Waals surface area contributed by atoms with Gasteiger partial charge in [0, 0.05) is 19.2 Å². The number of nitrogens with two attached hydrogens (primary N) is 1. The van der Waals surface area contributed by atoms with Crippen molar-refractivity contribution in [1.29, 1.82) is 0 Å². The molecule has 0 radical (unpaired) electrons. The van der Waals surface area contributed by atoms with Gasteiger partial charge in [0.05, 0.1) is 0 Å². The Balaban J connectivity index is 0. The molecule has 0 aliphatic carbocycles. The van der Waals surface area contributed by atoms with E-state index >= 15 is 0 Å². The topological polar surface area (TPSA) is 38.4 Å². The molecular formula is C8H16N2. The number of aliphatic imine (C=N–C) groups is 1. The van der Waals surface area contributed by atoms with Gasteiger partial charge in [-0.15, -0.1) is 13.2 Å². The second kappa shape index (κ2) is 11.0. The van der Waals surface area contributed by atoms with E-state index in [-0.39, 0.29) is 0 Å². The first-order chi connectivity index (χ1) is 4.85. The first kappa shape index (κ1) is 11.9. The van der Waals surface area contributed by atoms with Crippen molar-refractivity contribution in [2.45, 2.75) is 6.42 Å². The summed E-state index contributed by atoms with van der Waals surface area (Å²) in [6.45, 7) is 10.2. The standard InChI is InChI=1S/C6H12N2.C2H4/c1-3-6(8-2)4-5-7;1-2/h3H,1,4-5,7H2,2H3;1-2H2. The molecule has 0 aromatic rings. The van der Waals surface area contributed by atoms with Crippen LogP contribution in [0, 0.1) is 0 Å². The molecule has 0 heterocycles. The van der Waals surface area contributed by atoms with Gasteiger partial charge in [-0.2, -0.15) is 0 Å². The summed E-state index contributed by atoms with van der Waals surface area (Å²) in [5.41, 5.74) is 6.23. The Labute approximate surface area is 63.2 Å². The van der Waals surface area contributed by atoms with Crippen molar-refractivity contribution in [3.8, 4) is 0 Å². The molecule has 0 saturated heterocycles. The van der Waals surface area contributed by atoms with Crippen LogP contribution >= 0.6 is 0 Å². The van der Waals surface area contributed by atoms with Crippen molar-refractivity contribution in [3.05, 3.63) is 25.8 Å². The van der Waals surface area contributed by atoms with Gasteiger partial charge in [0.15, 0.2) is 0 Å². The van der Waals surface area contributed by atoms with Gasteiger partial charge in [-0.3, -0.25) is 4.99 Å². The number of hydrogen-bond acceptors (Lipinski definition) is 2. The molecule has 0 spiro atoms. The number of rotatable bonds is 3. The average Bonchev–Trinajstić information content (AvgIpc) is 2.04. The Bertz CT molecular complexity index is 106. The Kier molecular flexibility index (Phi) is 13.0. The second-order valence-electron chi connectivity index (χ2n) is 1.46. The first-order valence-electron chi connectivity index (χ1n) is 3.13. The van der Waals surface area contributed by atoms with E-state index in [1.807, 2.05) is 0 Å². The molecule has 0 aliphatic heterocycles. The minimum atomic E-state index is 0.651. The molecule has 0 amide bonds. The van der Waals surface area contributed by atoms with Gasteiger partial charge in [0.1, 0.15) is 0 Å². The van der Waals surface area contributed by atoms with Gasteiger partial charge in [-0.05, 0) is 12.6 Å². The Hall–Kier alpha value is -0.890. The third-order valence-electron chi connectivity index (χ3n) is 0.923. The maximum Gasteiger partial charge on any atom is 0.0351 e. The van der Waals surface area contributed by atoms with Crippen molar-refractivity contribution in [1.82, 2.24) is 0 Å². The molecule has 2 N–H and O–H groups in total. The highest BCUT2D eigenvalue weighted by Gasteiger charge is 1.85. The van der Waals surface area contributed by atoms with Crippen molar-refractivity contribution in [2.75, 3.05) is 13.6 Å². The maximum absolute atomic E-state index is 5.25. The smallest absolute Gasteiger partial charge is 0.0351 e. The fourth-order valence-corrected chi connectivity index (χ4v) is 0.453. The zero-order valence-electron chi connectivity index (χ0n) is 6.64. The normalized spacial score (nSPS) is 9.60. The summed E-state index contributed by atoms with van der Waals surface area (Å²) < 4.78 is 0. The van der Waals surface area contributed by atoms with Crippen LogP contribution in [-0.2, 0) is 0 Å². The van der Waals surface area contributed by atoms with Crippen molar-refractivity contribution >= 4 is 5.71 Å². The number of hydrogen-bond donors (Lipinski definition) is 1. The molecule has 2 nitrogen and oxygen atoms in total. The van der Waals surface area contributed by atoms with Crippen LogP contribution in [0.4, 0.5) is 0 Å². The summed E-state index contributed by atoms with van der Waals surface area (Å²) >= 11 is 0. The molecule has 0 saturated carbocycles. The molecular weight excluding hydrogens is 124 g/mol. The monoisotopic (exact) mass is 140 g/mol. The quantitative estimate of drug-likeness (QED) is 0.467. The van der Waals surface area contributed by atoms with Crippen LogP contribution in [0.3, 0.4) is 0 Å². The molecule has 0 aromatic heterocycles. The lowest BCUT2D eigenvalue weighted by Crippen LogP contribution is -2.04. The summed E-state index contributed by atoms with van der Waals surface area (Å²) in [4.78, 5) is 3.91. The van der Waals surface area contributed by atoms with E-state index in [1.165, 1.54) is 0 Å². The molecule has 58 valence electrons. The van der Waals surface area contributed by atoms with E-state index < -0.39 is 0 Å². The molecule has 0 atom stereocenters. The largest absolute Gasteiger partial charge is 0.330 e. The third-order valence-corrected chi connectivity index (χ3v) is 0.923. The van der Waals surface area contributed by atoms with Crippen LogP contribution in [0.15, 0.2) is 30.8 Å². The molecule has 0 rings (SSSR count). The predicted molar refractivity (Wildman–Crippen MR) is 48.5 cm³/mol. The van der Waals surface area contributed by atoms with Gasteiger partial charge >= 0.3 is 0 Å². The minimum absolute atomic E-state index is 0.651. The minimum Gasteiger partial charge on any atom is -0.330 e. The highest BCUT2D eigenvalue weighted by atomic mass is 14.7. The number of allylic oxidation sites excluding steroid dienone is 1. The van der Waals surface area contributed by atoms with E-state index in [1.54, 1.807) is 13.1 Å². The van der Waals surface area contributed by atoms with Gasteiger partial charge in [-0.1, -0.05) is 6.58 Å². The SMILES string of the molecule is C=C.C=CC(CCN)=NC. The van der Waals surface area contributed by atoms with E-state index in [4.69, 9.17) is 5.73 Å². The summed E-state index contributed by atoms with van der Waals surface area (Å²) in [6.07, 6.45) is 2.56. The van der Waals surface area contributed by atoms with Crippen LogP contribution in [0.25, 0.3) is 0 Å². The predicted octanol–water partition coefficient (Wildman–Crippen LogP) is 1.39. The molecule has 0 bridgehead atoms. The van der Waals surface area contributed by atoms with E-state index in [2.05, 4.69) is 24.7 Å². The number of nitrogens with zero attached hydrogens (tertiary/aromatic N) is 1. The zero-order chi connectivity index (χ0) is 8.41. The van der Waals surface area contributed by atoms with Gasteiger partial charge in [-0.25, -0.2) is 0 Å². The van der Waals surface area contributed by atoms with Crippen LogP contribution in [0.1, 0.15) is 6.42 Å². The summed E-state index contributed by atoms with van der Waals surface area (Å²) in [5.74, 6) is 0. The van der Waals surface area contributed by atoms with Crippen molar-refractivity contribution in [2.24, 2.45) is 10.7 Å².